The zero-order valence-corrected chi connectivity index (χ0v) is 11.8. The normalized spacial score (nSPS) is 16.0. The standard InChI is InChI=1S/C10H10F13N/c1-24(2)10(22,23)9(20,21)8(18,19)7(16,17)5(11,12)3-4-6(13,14)15/h3-4H2,1-2H3. The lowest BCUT2D eigenvalue weighted by Crippen LogP contribution is -2.69. The van der Waals surface area contributed by atoms with Gasteiger partial charge >= 0.3 is 35.9 Å². The number of hydrogen-bond acceptors (Lipinski definition) is 1. The second kappa shape index (κ2) is 6.09. The van der Waals surface area contributed by atoms with Gasteiger partial charge in [-0.2, -0.15) is 57.1 Å². The van der Waals surface area contributed by atoms with Gasteiger partial charge in [-0.05, 0) is 14.1 Å². The Hall–Kier alpha value is -0.950. The second-order valence-electron chi connectivity index (χ2n) is 4.98. The van der Waals surface area contributed by atoms with Gasteiger partial charge in [0.2, 0.25) is 0 Å². The molecule has 0 aliphatic carbocycles. The Morgan fingerprint density at radius 3 is 1.21 bits per heavy atom. The molecule has 0 radical (unpaired) electrons. The Bertz CT molecular complexity index is 437. The lowest BCUT2D eigenvalue weighted by molar-refractivity contribution is -0.419. The summed E-state index contributed by atoms with van der Waals surface area (Å²) < 4.78 is 166. The molecule has 24 heavy (non-hydrogen) atoms. The minimum Gasteiger partial charge on any atom is -0.245 e. The van der Waals surface area contributed by atoms with Crippen LogP contribution in [0.1, 0.15) is 12.8 Å². The Morgan fingerprint density at radius 1 is 0.542 bits per heavy atom. The molecular weight excluding hydrogens is 381 g/mol. The molecule has 0 saturated carbocycles. The highest BCUT2D eigenvalue weighted by atomic mass is 19.4. The van der Waals surface area contributed by atoms with Crippen molar-refractivity contribution in [1.29, 1.82) is 0 Å². The third-order valence-electron chi connectivity index (χ3n) is 2.91. The van der Waals surface area contributed by atoms with E-state index in [4.69, 9.17) is 0 Å². The lowest BCUT2D eigenvalue weighted by Gasteiger charge is -2.41. The first kappa shape index (κ1) is 23.1. The molecular formula is C10H10F13N. The summed E-state index contributed by atoms with van der Waals surface area (Å²) in [5.41, 5.74) is 0. The van der Waals surface area contributed by atoms with Gasteiger partial charge in [0.15, 0.2) is 0 Å². The Labute approximate surface area is 126 Å². The van der Waals surface area contributed by atoms with Crippen LogP contribution in [0.5, 0.6) is 0 Å². The van der Waals surface area contributed by atoms with E-state index >= 15 is 0 Å². The van der Waals surface area contributed by atoms with E-state index in [0.717, 1.165) is 0 Å². The van der Waals surface area contributed by atoms with E-state index in [-0.39, 0.29) is 14.1 Å². The number of rotatable bonds is 7. The van der Waals surface area contributed by atoms with Crippen molar-refractivity contribution < 1.29 is 57.1 Å². The number of nitrogens with zero attached hydrogens (tertiary/aromatic N) is 1. The fourth-order valence-corrected chi connectivity index (χ4v) is 1.35. The fraction of sp³-hybridized carbons (Fsp3) is 1.00. The van der Waals surface area contributed by atoms with Crippen LogP contribution in [0.3, 0.4) is 0 Å². The molecule has 0 heterocycles. The van der Waals surface area contributed by atoms with Crippen molar-refractivity contribution >= 4 is 0 Å². The largest absolute Gasteiger partial charge is 0.392 e. The first-order chi connectivity index (χ1) is 10.2. The Balaban J connectivity index is 5.89. The predicted octanol–water partition coefficient (Wildman–Crippen LogP) is 5.02. The third-order valence-corrected chi connectivity index (χ3v) is 2.91. The average molecular weight is 391 g/mol. The monoisotopic (exact) mass is 391 g/mol. The molecule has 0 amide bonds. The van der Waals surface area contributed by atoms with Crippen LogP contribution in [0.2, 0.25) is 0 Å². The summed E-state index contributed by atoms with van der Waals surface area (Å²) in [5, 5.41) is 0. The minimum atomic E-state index is -7.36. The molecule has 1 nitrogen and oxygen atoms in total. The SMILES string of the molecule is CN(C)C(F)(F)C(F)(F)C(F)(F)C(F)(F)C(F)(F)CCC(F)(F)F. The van der Waals surface area contributed by atoms with E-state index in [1.807, 2.05) is 0 Å². The predicted molar refractivity (Wildman–Crippen MR) is 53.7 cm³/mol. The van der Waals surface area contributed by atoms with Gasteiger partial charge in [0.1, 0.15) is 0 Å². The van der Waals surface area contributed by atoms with Gasteiger partial charge in [0, 0.05) is 12.8 Å². The number of halogens is 13. The average Bonchev–Trinajstić information content (AvgIpc) is 2.34. The van der Waals surface area contributed by atoms with Crippen molar-refractivity contribution in [2.75, 3.05) is 14.1 Å². The summed E-state index contributed by atoms with van der Waals surface area (Å²) >= 11 is 0. The van der Waals surface area contributed by atoms with E-state index in [1.54, 1.807) is 0 Å². The highest BCUT2D eigenvalue weighted by molar-refractivity contribution is 5.07. The van der Waals surface area contributed by atoms with Gasteiger partial charge < -0.3 is 0 Å². The van der Waals surface area contributed by atoms with Crippen LogP contribution in [0.15, 0.2) is 0 Å². The molecule has 0 aromatic carbocycles. The number of alkyl halides is 13. The molecule has 0 N–H and O–H groups in total. The van der Waals surface area contributed by atoms with Gasteiger partial charge in [-0.1, -0.05) is 0 Å². The van der Waals surface area contributed by atoms with Crippen molar-refractivity contribution in [2.24, 2.45) is 0 Å². The lowest BCUT2D eigenvalue weighted by atomic mass is 9.94. The molecule has 0 bridgehead atoms. The Kier molecular flexibility index (Phi) is 5.85. The summed E-state index contributed by atoms with van der Waals surface area (Å²) in [5.74, 6) is -27.9. The van der Waals surface area contributed by atoms with E-state index < -0.39 is 53.7 Å². The van der Waals surface area contributed by atoms with E-state index in [0.29, 0.717) is 0 Å². The maximum Gasteiger partial charge on any atom is 0.392 e. The molecule has 146 valence electrons. The van der Waals surface area contributed by atoms with Gasteiger partial charge in [0.05, 0.1) is 0 Å². The van der Waals surface area contributed by atoms with Crippen molar-refractivity contribution in [3.8, 4) is 0 Å². The first-order valence-corrected chi connectivity index (χ1v) is 5.78. The first-order valence-electron chi connectivity index (χ1n) is 5.78. The van der Waals surface area contributed by atoms with Crippen LogP contribution in [0.4, 0.5) is 57.1 Å². The summed E-state index contributed by atoms with van der Waals surface area (Å²) in [6.07, 6.45) is -11.2. The fourth-order valence-electron chi connectivity index (χ4n) is 1.35. The van der Waals surface area contributed by atoms with Gasteiger partial charge in [-0.3, -0.25) is 0 Å². The minimum absolute atomic E-state index is 0.0733. The maximum absolute atomic E-state index is 13.2. The molecule has 0 aliphatic heterocycles. The molecule has 14 heteroatoms. The quantitative estimate of drug-likeness (QED) is 0.435. The number of hydrogen-bond donors (Lipinski definition) is 0. The Morgan fingerprint density at radius 2 is 0.917 bits per heavy atom. The summed E-state index contributed by atoms with van der Waals surface area (Å²) in [4.78, 5) is -0.926. The topological polar surface area (TPSA) is 3.24 Å². The molecule has 0 atom stereocenters. The van der Waals surface area contributed by atoms with Crippen LogP contribution in [0, 0.1) is 0 Å². The van der Waals surface area contributed by atoms with Crippen LogP contribution in [0.25, 0.3) is 0 Å². The van der Waals surface area contributed by atoms with Crippen LogP contribution < -0.4 is 0 Å². The van der Waals surface area contributed by atoms with Crippen LogP contribution in [-0.4, -0.2) is 54.9 Å². The third kappa shape index (κ3) is 3.67. The van der Waals surface area contributed by atoms with Crippen LogP contribution in [-0.2, 0) is 0 Å². The molecule has 0 spiro atoms. The molecule has 0 aliphatic rings. The van der Waals surface area contributed by atoms with Crippen LogP contribution >= 0.6 is 0 Å². The van der Waals surface area contributed by atoms with Gasteiger partial charge in [-0.15, -0.1) is 0 Å². The molecule has 0 fully saturated rings. The van der Waals surface area contributed by atoms with E-state index in [2.05, 4.69) is 0 Å². The van der Waals surface area contributed by atoms with Crippen molar-refractivity contribution in [3.63, 3.8) is 0 Å². The van der Waals surface area contributed by atoms with Gasteiger partial charge in [0.25, 0.3) is 0 Å². The molecule has 0 aromatic rings. The van der Waals surface area contributed by atoms with E-state index in [9.17, 15) is 57.1 Å². The summed E-state index contributed by atoms with van der Waals surface area (Å²) in [6.45, 7) is 0. The highest BCUT2D eigenvalue weighted by Crippen LogP contribution is 2.58. The summed E-state index contributed by atoms with van der Waals surface area (Å²) in [7, 11) is 0.147. The molecule has 0 rings (SSSR count). The van der Waals surface area contributed by atoms with E-state index in [1.165, 1.54) is 0 Å². The van der Waals surface area contributed by atoms with Crippen molar-refractivity contribution in [2.45, 2.75) is 48.8 Å². The summed E-state index contributed by atoms with van der Waals surface area (Å²) in [6, 6.07) is -6.00. The molecule has 0 saturated heterocycles. The van der Waals surface area contributed by atoms with Gasteiger partial charge in [-0.25, -0.2) is 4.90 Å². The zero-order valence-electron chi connectivity index (χ0n) is 11.8. The highest BCUT2D eigenvalue weighted by Gasteiger charge is 2.86. The smallest absolute Gasteiger partial charge is 0.245 e. The molecule has 0 aromatic heterocycles. The zero-order chi connectivity index (χ0) is 20.0. The second-order valence-corrected chi connectivity index (χ2v) is 4.98. The molecule has 0 unspecified atom stereocenters. The maximum atomic E-state index is 13.2. The van der Waals surface area contributed by atoms with Crippen molar-refractivity contribution in [3.05, 3.63) is 0 Å². The van der Waals surface area contributed by atoms with Crippen molar-refractivity contribution in [1.82, 2.24) is 4.90 Å².